The molecule has 0 spiro atoms. The minimum absolute atomic E-state index is 0.0854. The first-order valence-electron chi connectivity index (χ1n) is 5.51. The highest BCUT2D eigenvalue weighted by atomic mass is 16.5. The normalized spacial score (nSPS) is 15.9. The predicted octanol–water partition coefficient (Wildman–Crippen LogP) is 0.823. The number of rotatable bonds is 2. The Morgan fingerprint density at radius 2 is 1.78 bits per heavy atom. The van der Waals surface area contributed by atoms with Crippen molar-refractivity contribution in [3.8, 4) is 5.75 Å². The minimum Gasteiger partial charge on any atom is -0.508 e. The van der Waals surface area contributed by atoms with E-state index >= 15 is 0 Å². The molecule has 0 aromatic heterocycles. The van der Waals surface area contributed by atoms with Crippen molar-refractivity contribution in [3.05, 3.63) is 29.3 Å². The highest BCUT2D eigenvalue weighted by Crippen LogP contribution is 2.42. The zero-order chi connectivity index (χ0) is 13.3. The lowest BCUT2D eigenvalue weighted by Gasteiger charge is -2.22. The van der Waals surface area contributed by atoms with Crippen LogP contribution >= 0.6 is 0 Å². The molecule has 0 saturated carbocycles. The van der Waals surface area contributed by atoms with E-state index in [2.05, 4.69) is 0 Å². The number of aromatic hydroxyl groups is 1. The zero-order valence-electron chi connectivity index (χ0n) is 10.2. The van der Waals surface area contributed by atoms with Crippen molar-refractivity contribution in [1.82, 2.24) is 0 Å². The molecular weight excluding hydrogens is 236 g/mol. The Morgan fingerprint density at radius 1 is 1.17 bits per heavy atom. The van der Waals surface area contributed by atoms with Gasteiger partial charge in [-0.15, -0.1) is 0 Å². The molecular formula is C13H14O5. The fourth-order valence-electron chi connectivity index (χ4n) is 2.44. The summed E-state index contributed by atoms with van der Waals surface area (Å²) in [7, 11) is 2.46. The van der Waals surface area contributed by atoms with Gasteiger partial charge in [-0.1, -0.05) is 12.1 Å². The van der Waals surface area contributed by atoms with E-state index in [1.54, 1.807) is 12.1 Å². The van der Waals surface area contributed by atoms with Gasteiger partial charge < -0.3 is 14.6 Å². The first kappa shape index (κ1) is 12.4. The molecule has 0 radical (unpaired) electrons. The Labute approximate surface area is 104 Å². The van der Waals surface area contributed by atoms with E-state index in [1.165, 1.54) is 20.3 Å². The molecule has 1 aliphatic rings. The van der Waals surface area contributed by atoms with E-state index in [0.717, 1.165) is 5.56 Å². The Bertz CT molecular complexity index is 490. The molecule has 1 aromatic rings. The van der Waals surface area contributed by atoms with Gasteiger partial charge in [-0.2, -0.15) is 0 Å². The van der Waals surface area contributed by atoms with E-state index < -0.39 is 17.4 Å². The topological polar surface area (TPSA) is 72.8 Å². The number of hydrogen-bond donors (Lipinski definition) is 1. The van der Waals surface area contributed by atoms with Crippen molar-refractivity contribution < 1.29 is 24.2 Å². The molecule has 0 bridgehead atoms. The summed E-state index contributed by atoms with van der Waals surface area (Å²) in [5.74, 6) is -1.18. The second-order valence-corrected chi connectivity index (χ2v) is 4.33. The number of ether oxygens (including phenoxy) is 2. The summed E-state index contributed by atoms with van der Waals surface area (Å²) in [6, 6.07) is 4.99. The number of phenols is 1. The van der Waals surface area contributed by atoms with E-state index in [9.17, 15) is 14.7 Å². The van der Waals surface area contributed by atoms with E-state index in [-0.39, 0.29) is 18.6 Å². The zero-order valence-corrected chi connectivity index (χ0v) is 10.2. The third kappa shape index (κ3) is 1.63. The first-order valence-corrected chi connectivity index (χ1v) is 5.51. The molecule has 5 nitrogen and oxygen atoms in total. The second-order valence-electron chi connectivity index (χ2n) is 4.33. The summed E-state index contributed by atoms with van der Waals surface area (Å²) >= 11 is 0. The van der Waals surface area contributed by atoms with Crippen LogP contribution in [0.3, 0.4) is 0 Å². The van der Waals surface area contributed by atoms with Crippen LogP contribution in [0.2, 0.25) is 0 Å². The molecule has 0 saturated heterocycles. The standard InChI is InChI=1S/C13H14O5/c1-17-11(15)13(12(16)18-2)6-8-4-3-5-10(14)9(8)7-13/h3-5,14H,6-7H2,1-2H3. The van der Waals surface area contributed by atoms with Crippen molar-refractivity contribution in [2.24, 2.45) is 5.41 Å². The first-order chi connectivity index (χ1) is 8.55. The van der Waals surface area contributed by atoms with Gasteiger partial charge in [0.25, 0.3) is 0 Å². The average molecular weight is 250 g/mol. The number of carbonyl (C=O) groups excluding carboxylic acids is 2. The lowest BCUT2D eigenvalue weighted by atomic mass is 9.85. The van der Waals surface area contributed by atoms with Gasteiger partial charge >= 0.3 is 11.9 Å². The summed E-state index contributed by atoms with van der Waals surface area (Å²) in [5.41, 5.74) is 0.00380. The minimum atomic E-state index is -1.37. The van der Waals surface area contributed by atoms with Gasteiger partial charge in [0.05, 0.1) is 14.2 Å². The largest absolute Gasteiger partial charge is 0.508 e. The number of phenolic OH excluding ortho intramolecular Hbond substituents is 1. The van der Waals surface area contributed by atoms with Crippen LogP contribution in [-0.2, 0) is 31.9 Å². The fraction of sp³-hybridized carbons (Fsp3) is 0.385. The fourth-order valence-corrected chi connectivity index (χ4v) is 2.44. The van der Waals surface area contributed by atoms with Crippen LogP contribution in [0.5, 0.6) is 5.75 Å². The predicted molar refractivity (Wildman–Crippen MR) is 62.0 cm³/mol. The molecule has 96 valence electrons. The molecule has 0 fully saturated rings. The van der Waals surface area contributed by atoms with Gasteiger partial charge in [0.1, 0.15) is 5.75 Å². The van der Waals surface area contributed by atoms with Crippen LogP contribution in [0, 0.1) is 5.41 Å². The van der Waals surface area contributed by atoms with E-state index in [4.69, 9.17) is 9.47 Å². The monoisotopic (exact) mass is 250 g/mol. The van der Waals surface area contributed by atoms with Crippen molar-refractivity contribution in [1.29, 1.82) is 0 Å². The smallest absolute Gasteiger partial charge is 0.323 e. The Kier molecular flexibility index (Phi) is 2.98. The number of esters is 2. The summed E-state index contributed by atoms with van der Waals surface area (Å²) in [4.78, 5) is 23.8. The van der Waals surface area contributed by atoms with E-state index in [0.29, 0.717) is 5.56 Å². The maximum Gasteiger partial charge on any atom is 0.323 e. The molecule has 1 N–H and O–H groups in total. The molecule has 0 atom stereocenters. The highest BCUT2D eigenvalue weighted by Gasteiger charge is 2.53. The summed E-state index contributed by atoms with van der Waals surface area (Å²) < 4.78 is 9.42. The summed E-state index contributed by atoms with van der Waals surface area (Å²) in [5, 5.41) is 9.77. The lowest BCUT2D eigenvalue weighted by Crippen LogP contribution is -2.42. The van der Waals surface area contributed by atoms with Crippen LogP contribution in [0.1, 0.15) is 11.1 Å². The van der Waals surface area contributed by atoms with Gasteiger partial charge in [0.15, 0.2) is 5.41 Å². The van der Waals surface area contributed by atoms with Crippen LogP contribution in [-0.4, -0.2) is 31.3 Å². The molecule has 18 heavy (non-hydrogen) atoms. The van der Waals surface area contributed by atoms with Gasteiger partial charge in [0, 0.05) is 6.42 Å². The van der Waals surface area contributed by atoms with Crippen molar-refractivity contribution in [2.75, 3.05) is 14.2 Å². The molecule has 1 aliphatic carbocycles. The van der Waals surface area contributed by atoms with Crippen LogP contribution in [0.4, 0.5) is 0 Å². The average Bonchev–Trinajstić information content (AvgIpc) is 2.79. The molecule has 1 aromatic carbocycles. The molecule has 0 aliphatic heterocycles. The molecule has 0 heterocycles. The van der Waals surface area contributed by atoms with Crippen molar-refractivity contribution in [2.45, 2.75) is 12.8 Å². The lowest BCUT2D eigenvalue weighted by molar-refractivity contribution is -0.168. The van der Waals surface area contributed by atoms with Gasteiger partial charge in [-0.3, -0.25) is 9.59 Å². The number of fused-ring (bicyclic) bond motifs is 1. The molecule has 5 heteroatoms. The highest BCUT2D eigenvalue weighted by molar-refractivity contribution is 6.01. The third-order valence-electron chi connectivity index (χ3n) is 3.37. The van der Waals surface area contributed by atoms with Crippen LogP contribution in [0.25, 0.3) is 0 Å². The van der Waals surface area contributed by atoms with Crippen molar-refractivity contribution >= 4 is 11.9 Å². The number of hydrogen-bond acceptors (Lipinski definition) is 5. The van der Waals surface area contributed by atoms with Crippen LogP contribution < -0.4 is 0 Å². The van der Waals surface area contributed by atoms with Crippen molar-refractivity contribution in [3.63, 3.8) is 0 Å². The molecule has 2 rings (SSSR count). The summed E-state index contributed by atoms with van der Waals surface area (Å²) in [6.07, 6.45) is 0.296. The quantitative estimate of drug-likeness (QED) is 0.621. The Balaban J connectivity index is 2.47. The number of carbonyl (C=O) groups is 2. The maximum absolute atomic E-state index is 11.9. The molecule has 0 amide bonds. The summed E-state index contributed by atoms with van der Waals surface area (Å²) in [6.45, 7) is 0. The number of methoxy groups -OCH3 is 2. The number of benzene rings is 1. The third-order valence-corrected chi connectivity index (χ3v) is 3.37. The van der Waals surface area contributed by atoms with Gasteiger partial charge in [-0.25, -0.2) is 0 Å². The van der Waals surface area contributed by atoms with Gasteiger partial charge in [0.2, 0.25) is 0 Å². The van der Waals surface area contributed by atoms with Gasteiger partial charge in [-0.05, 0) is 23.6 Å². The maximum atomic E-state index is 11.9. The SMILES string of the molecule is COC(=O)C1(C(=O)OC)Cc2cccc(O)c2C1. The van der Waals surface area contributed by atoms with E-state index in [1.807, 2.05) is 0 Å². The van der Waals surface area contributed by atoms with Crippen LogP contribution in [0.15, 0.2) is 18.2 Å². The Hall–Kier alpha value is -2.04. The second kappa shape index (κ2) is 4.33. The Morgan fingerprint density at radius 3 is 2.28 bits per heavy atom. The molecule has 0 unspecified atom stereocenters.